The lowest BCUT2D eigenvalue weighted by atomic mass is 9.84. The second-order valence-electron chi connectivity index (χ2n) is 7.16. The first-order valence-corrected chi connectivity index (χ1v) is 9.17. The van der Waals surface area contributed by atoms with Crippen molar-refractivity contribution in [1.29, 1.82) is 0 Å². The van der Waals surface area contributed by atoms with E-state index < -0.39 is 6.43 Å². The van der Waals surface area contributed by atoms with Crippen LogP contribution in [0.4, 0.5) is 14.6 Å². The van der Waals surface area contributed by atoms with Gasteiger partial charge < -0.3 is 9.32 Å². The molecule has 1 fully saturated rings. The van der Waals surface area contributed by atoms with Crippen LogP contribution in [0.3, 0.4) is 0 Å². The number of alkyl halides is 2. The fraction of sp³-hybridized carbons (Fsp3) is 0.368. The van der Waals surface area contributed by atoms with Crippen LogP contribution in [0.5, 0.6) is 0 Å². The van der Waals surface area contributed by atoms with E-state index >= 15 is 0 Å². The molecule has 5 heterocycles. The van der Waals surface area contributed by atoms with E-state index in [2.05, 4.69) is 31.9 Å². The number of fused-ring (bicyclic) bond motifs is 2. The summed E-state index contributed by atoms with van der Waals surface area (Å²) in [4.78, 5) is 14.7. The predicted octanol–water partition coefficient (Wildman–Crippen LogP) is 3.83. The van der Waals surface area contributed by atoms with Crippen molar-refractivity contribution >= 4 is 22.6 Å². The van der Waals surface area contributed by atoms with Gasteiger partial charge in [-0.05, 0) is 30.5 Å². The van der Waals surface area contributed by atoms with Gasteiger partial charge in [0, 0.05) is 25.2 Å². The molecule has 9 heteroatoms. The van der Waals surface area contributed by atoms with Crippen LogP contribution in [0.1, 0.15) is 37.1 Å². The summed E-state index contributed by atoms with van der Waals surface area (Å²) in [6.07, 6.45) is 2.97. The molecule has 4 aromatic rings. The molecular weight excluding hydrogens is 366 g/mol. The lowest BCUT2D eigenvalue weighted by Gasteiger charge is -2.38. The number of anilines is 1. The van der Waals surface area contributed by atoms with E-state index in [0.29, 0.717) is 18.2 Å². The van der Waals surface area contributed by atoms with Crippen molar-refractivity contribution < 1.29 is 13.2 Å². The number of piperidine rings is 1. The van der Waals surface area contributed by atoms with E-state index in [1.807, 2.05) is 12.1 Å². The Labute approximate surface area is 159 Å². The highest BCUT2D eigenvalue weighted by atomic mass is 19.3. The first-order chi connectivity index (χ1) is 13.6. The fourth-order valence-electron chi connectivity index (χ4n) is 4.01. The molecule has 0 spiro atoms. The molecule has 2 atom stereocenters. The smallest absolute Gasteiger partial charge is 0.280 e. The maximum atomic E-state index is 13.4. The first kappa shape index (κ1) is 17.0. The Balaban J connectivity index is 1.57. The van der Waals surface area contributed by atoms with Crippen molar-refractivity contribution in [1.82, 2.24) is 24.6 Å². The molecule has 0 aliphatic carbocycles. The summed E-state index contributed by atoms with van der Waals surface area (Å²) in [6.45, 7) is 3.61. The fourth-order valence-corrected chi connectivity index (χ4v) is 4.01. The number of pyridine rings is 1. The molecule has 0 amide bonds. The summed E-state index contributed by atoms with van der Waals surface area (Å²) in [5.74, 6) is 1.33. The Morgan fingerprint density at radius 2 is 2.14 bits per heavy atom. The topological polar surface area (TPSA) is 72.3 Å². The number of halogens is 2. The standard InChI is InChI=1S/C19H18F2N6O/c1-11-3-6-26(18-12-4-7-28-16(12)2-5-22-18)9-13(11)15-8-14(17(20)21)25-19-23-10-24-27(15)19/h2,4-5,7-8,10-11,13,17H,3,6,9H2,1H3/t11-,13-/m0/s1. The largest absolute Gasteiger partial charge is 0.464 e. The SMILES string of the molecule is C[C@H]1CCN(c2nccc3occc23)C[C@@H]1c1cc(C(F)F)nc2ncnn12. The van der Waals surface area contributed by atoms with Crippen LogP contribution in [-0.2, 0) is 0 Å². The van der Waals surface area contributed by atoms with Crippen LogP contribution in [0.2, 0.25) is 0 Å². The molecule has 5 rings (SSSR count). The molecule has 7 nitrogen and oxygen atoms in total. The maximum Gasteiger partial charge on any atom is 0.280 e. The molecule has 0 aromatic carbocycles. The summed E-state index contributed by atoms with van der Waals surface area (Å²) >= 11 is 0. The number of rotatable bonds is 3. The average Bonchev–Trinajstić information content (AvgIpc) is 3.36. The second kappa shape index (κ2) is 6.50. The molecule has 0 saturated carbocycles. The normalized spacial score (nSPS) is 20.5. The highest BCUT2D eigenvalue weighted by Crippen LogP contribution is 2.36. The third kappa shape index (κ3) is 2.69. The van der Waals surface area contributed by atoms with Crippen LogP contribution < -0.4 is 4.90 Å². The van der Waals surface area contributed by atoms with Gasteiger partial charge in [-0.3, -0.25) is 0 Å². The van der Waals surface area contributed by atoms with E-state index in [-0.39, 0.29) is 17.4 Å². The number of furan rings is 1. The molecule has 28 heavy (non-hydrogen) atoms. The molecule has 1 saturated heterocycles. The van der Waals surface area contributed by atoms with Crippen LogP contribution in [0.15, 0.2) is 41.4 Å². The van der Waals surface area contributed by atoms with Gasteiger partial charge in [-0.1, -0.05) is 6.92 Å². The average molecular weight is 384 g/mol. The Morgan fingerprint density at radius 1 is 1.25 bits per heavy atom. The first-order valence-electron chi connectivity index (χ1n) is 9.17. The third-order valence-electron chi connectivity index (χ3n) is 5.52. The molecular formula is C19H18F2N6O. The molecule has 144 valence electrons. The number of hydrogen-bond donors (Lipinski definition) is 0. The second-order valence-corrected chi connectivity index (χ2v) is 7.16. The maximum absolute atomic E-state index is 13.4. The van der Waals surface area contributed by atoms with Crippen molar-refractivity contribution in [2.75, 3.05) is 18.0 Å². The van der Waals surface area contributed by atoms with Gasteiger partial charge in [0.2, 0.25) is 0 Å². The van der Waals surface area contributed by atoms with E-state index in [9.17, 15) is 8.78 Å². The Kier molecular flexibility index (Phi) is 3.96. The summed E-state index contributed by atoms with van der Waals surface area (Å²) in [5, 5.41) is 5.17. The van der Waals surface area contributed by atoms with Crippen LogP contribution in [-0.4, -0.2) is 37.7 Å². The minimum Gasteiger partial charge on any atom is -0.464 e. The highest BCUT2D eigenvalue weighted by molar-refractivity contribution is 5.88. The summed E-state index contributed by atoms with van der Waals surface area (Å²) in [5.41, 5.74) is 1.21. The number of hydrogen-bond acceptors (Lipinski definition) is 6. The van der Waals surface area contributed by atoms with Crippen LogP contribution in [0.25, 0.3) is 16.7 Å². The van der Waals surface area contributed by atoms with E-state index in [4.69, 9.17) is 4.42 Å². The molecule has 0 N–H and O–H groups in total. The zero-order valence-corrected chi connectivity index (χ0v) is 15.2. The number of aromatic nitrogens is 5. The van der Waals surface area contributed by atoms with Crippen molar-refractivity contribution in [3.8, 4) is 0 Å². The summed E-state index contributed by atoms with van der Waals surface area (Å²) in [7, 11) is 0. The molecule has 1 aliphatic rings. The molecule has 4 aromatic heterocycles. The Hall–Kier alpha value is -3.10. The Bertz CT molecular complexity index is 1140. The van der Waals surface area contributed by atoms with E-state index in [1.165, 1.54) is 12.4 Å². The zero-order chi connectivity index (χ0) is 19.3. The highest BCUT2D eigenvalue weighted by Gasteiger charge is 2.32. The van der Waals surface area contributed by atoms with Crippen molar-refractivity contribution in [2.24, 2.45) is 5.92 Å². The third-order valence-corrected chi connectivity index (χ3v) is 5.52. The molecule has 0 bridgehead atoms. The van der Waals surface area contributed by atoms with Gasteiger partial charge in [-0.2, -0.15) is 10.1 Å². The monoisotopic (exact) mass is 384 g/mol. The van der Waals surface area contributed by atoms with Gasteiger partial charge in [0.05, 0.1) is 17.3 Å². The van der Waals surface area contributed by atoms with Crippen LogP contribution >= 0.6 is 0 Å². The molecule has 0 unspecified atom stereocenters. The molecule has 1 aliphatic heterocycles. The quantitative estimate of drug-likeness (QED) is 0.535. The predicted molar refractivity (Wildman–Crippen MR) is 98.5 cm³/mol. The van der Waals surface area contributed by atoms with Gasteiger partial charge in [0.15, 0.2) is 0 Å². The lowest BCUT2D eigenvalue weighted by Crippen LogP contribution is -2.39. The van der Waals surface area contributed by atoms with Crippen molar-refractivity contribution in [3.05, 3.63) is 48.4 Å². The van der Waals surface area contributed by atoms with Gasteiger partial charge in [-0.15, -0.1) is 0 Å². The van der Waals surface area contributed by atoms with E-state index in [0.717, 1.165) is 29.8 Å². The minimum atomic E-state index is -2.66. The summed E-state index contributed by atoms with van der Waals surface area (Å²) < 4.78 is 33.8. The van der Waals surface area contributed by atoms with Gasteiger partial charge in [-0.25, -0.2) is 23.3 Å². The Morgan fingerprint density at radius 3 is 3.00 bits per heavy atom. The number of nitrogens with zero attached hydrogens (tertiary/aromatic N) is 6. The van der Waals surface area contributed by atoms with Crippen molar-refractivity contribution in [3.63, 3.8) is 0 Å². The van der Waals surface area contributed by atoms with E-state index in [1.54, 1.807) is 17.0 Å². The van der Waals surface area contributed by atoms with Gasteiger partial charge in [0.25, 0.3) is 12.2 Å². The lowest BCUT2D eigenvalue weighted by molar-refractivity contribution is 0.146. The van der Waals surface area contributed by atoms with Crippen LogP contribution in [0, 0.1) is 5.92 Å². The van der Waals surface area contributed by atoms with Gasteiger partial charge in [0.1, 0.15) is 23.4 Å². The van der Waals surface area contributed by atoms with Crippen molar-refractivity contribution in [2.45, 2.75) is 25.7 Å². The summed E-state index contributed by atoms with van der Waals surface area (Å²) in [6, 6.07) is 5.20. The molecule has 0 radical (unpaired) electrons. The zero-order valence-electron chi connectivity index (χ0n) is 15.2. The van der Waals surface area contributed by atoms with Gasteiger partial charge >= 0.3 is 0 Å². The minimum absolute atomic E-state index is 0.0117.